The number of aryl methyl sites for hydroxylation is 1. The molecule has 0 bridgehead atoms. The van der Waals surface area contributed by atoms with Crippen LogP contribution in [0, 0.1) is 6.92 Å². The second kappa shape index (κ2) is 10.5. The monoisotopic (exact) mass is 449 g/mol. The van der Waals surface area contributed by atoms with Gasteiger partial charge < -0.3 is 10.1 Å². The summed E-state index contributed by atoms with van der Waals surface area (Å²) >= 11 is 1.54. The lowest BCUT2D eigenvalue weighted by molar-refractivity contribution is -0.126. The number of anilines is 1. The van der Waals surface area contributed by atoms with E-state index in [0.717, 1.165) is 29.9 Å². The van der Waals surface area contributed by atoms with Crippen molar-refractivity contribution in [2.75, 3.05) is 18.1 Å². The third-order valence-electron chi connectivity index (χ3n) is 5.51. The molecule has 1 saturated heterocycles. The summed E-state index contributed by atoms with van der Waals surface area (Å²) in [5, 5.41) is 4.98. The zero-order chi connectivity index (χ0) is 22.3. The third kappa shape index (κ3) is 5.41. The van der Waals surface area contributed by atoms with E-state index in [4.69, 9.17) is 4.74 Å². The quantitative estimate of drug-likeness (QED) is 0.563. The Morgan fingerprint density at radius 2 is 2.06 bits per heavy atom. The van der Waals surface area contributed by atoms with Crippen LogP contribution in [0.15, 0.2) is 66.3 Å². The van der Waals surface area contributed by atoms with Gasteiger partial charge in [-0.15, -0.1) is 11.3 Å². The van der Waals surface area contributed by atoms with Crippen molar-refractivity contribution in [2.45, 2.75) is 38.3 Å². The number of amides is 2. The van der Waals surface area contributed by atoms with E-state index < -0.39 is 6.04 Å². The number of nitrogens with zero attached hydrogens (tertiary/aromatic N) is 2. The molecule has 1 aromatic carbocycles. The van der Waals surface area contributed by atoms with Crippen molar-refractivity contribution in [3.05, 3.63) is 82.3 Å². The first-order chi connectivity index (χ1) is 15.6. The molecule has 0 aliphatic carbocycles. The molecule has 3 heterocycles. The summed E-state index contributed by atoms with van der Waals surface area (Å²) in [5.41, 5.74) is 2.43. The van der Waals surface area contributed by atoms with Gasteiger partial charge in [-0.25, -0.2) is 0 Å². The van der Waals surface area contributed by atoms with Gasteiger partial charge in [-0.2, -0.15) is 0 Å². The summed E-state index contributed by atoms with van der Waals surface area (Å²) < 4.78 is 5.66. The molecule has 1 N–H and O–H groups in total. The van der Waals surface area contributed by atoms with Crippen LogP contribution in [0.1, 0.15) is 34.9 Å². The van der Waals surface area contributed by atoms with Crippen molar-refractivity contribution in [1.82, 2.24) is 10.3 Å². The first-order valence-electron chi connectivity index (χ1n) is 10.8. The van der Waals surface area contributed by atoms with Crippen LogP contribution in [0.5, 0.6) is 0 Å². The van der Waals surface area contributed by atoms with Crippen LogP contribution in [-0.2, 0) is 20.7 Å². The van der Waals surface area contributed by atoms with Crippen LogP contribution < -0.4 is 10.2 Å². The summed E-state index contributed by atoms with van der Waals surface area (Å²) in [6.07, 6.45) is 5.47. The molecule has 3 aromatic rings. The number of nitrogens with one attached hydrogen (secondary N) is 1. The molecule has 2 amide bonds. The minimum atomic E-state index is -0.811. The van der Waals surface area contributed by atoms with E-state index in [-0.39, 0.29) is 24.3 Å². The van der Waals surface area contributed by atoms with E-state index in [0.29, 0.717) is 17.8 Å². The summed E-state index contributed by atoms with van der Waals surface area (Å²) in [7, 11) is 0. The summed E-state index contributed by atoms with van der Waals surface area (Å²) in [4.78, 5) is 33.8. The molecule has 4 rings (SSSR count). The number of hydrogen-bond acceptors (Lipinski definition) is 5. The lowest BCUT2D eigenvalue weighted by Crippen LogP contribution is -2.46. The van der Waals surface area contributed by atoms with Gasteiger partial charge in [0.1, 0.15) is 6.04 Å². The molecule has 32 heavy (non-hydrogen) atoms. The van der Waals surface area contributed by atoms with Gasteiger partial charge >= 0.3 is 0 Å². The topological polar surface area (TPSA) is 71.5 Å². The van der Waals surface area contributed by atoms with Gasteiger partial charge in [0.05, 0.1) is 12.5 Å². The van der Waals surface area contributed by atoms with Gasteiger partial charge in [0.25, 0.3) is 0 Å². The average molecular weight is 450 g/mol. The molecule has 2 aromatic heterocycles. The number of aromatic nitrogens is 1. The lowest BCUT2D eigenvalue weighted by Gasteiger charge is -2.32. The minimum Gasteiger partial charge on any atom is -0.376 e. The predicted molar refractivity (Wildman–Crippen MR) is 126 cm³/mol. The molecule has 6 nitrogen and oxygen atoms in total. The van der Waals surface area contributed by atoms with Crippen molar-refractivity contribution < 1.29 is 14.3 Å². The van der Waals surface area contributed by atoms with E-state index in [1.165, 1.54) is 11.3 Å². The molecule has 0 radical (unpaired) electrons. The minimum absolute atomic E-state index is 0.0197. The molecule has 0 spiro atoms. The Bertz CT molecular complexity index is 1030. The third-order valence-corrected chi connectivity index (χ3v) is 6.39. The van der Waals surface area contributed by atoms with Gasteiger partial charge in [0, 0.05) is 36.1 Å². The Kier molecular flexibility index (Phi) is 7.29. The average Bonchev–Trinajstić information content (AvgIpc) is 3.50. The largest absolute Gasteiger partial charge is 0.376 e. The molecular weight excluding hydrogens is 422 g/mol. The summed E-state index contributed by atoms with van der Waals surface area (Å²) in [6, 6.07) is 14.3. The van der Waals surface area contributed by atoms with Crippen molar-refractivity contribution in [3.8, 4) is 0 Å². The molecule has 7 heteroatoms. The van der Waals surface area contributed by atoms with E-state index in [2.05, 4.69) is 10.3 Å². The van der Waals surface area contributed by atoms with Crippen molar-refractivity contribution in [1.29, 1.82) is 0 Å². The number of rotatable bonds is 8. The zero-order valence-corrected chi connectivity index (χ0v) is 18.9. The van der Waals surface area contributed by atoms with Crippen LogP contribution in [0.3, 0.4) is 0 Å². The van der Waals surface area contributed by atoms with Crippen LogP contribution in [0.25, 0.3) is 0 Å². The first-order valence-corrected chi connectivity index (χ1v) is 11.7. The fourth-order valence-corrected chi connectivity index (χ4v) is 4.64. The highest BCUT2D eigenvalue weighted by atomic mass is 32.1. The van der Waals surface area contributed by atoms with E-state index >= 15 is 0 Å². The molecule has 0 unspecified atom stereocenters. The maximum atomic E-state index is 13.6. The summed E-state index contributed by atoms with van der Waals surface area (Å²) in [6.45, 7) is 3.13. The van der Waals surface area contributed by atoms with Crippen molar-refractivity contribution in [2.24, 2.45) is 0 Å². The van der Waals surface area contributed by atoms with E-state index in [9.17, 15) is 9.59 Å². The molecule has 1 aliphatic heterocycles. The number of carbonyl (C=O) groups is 2. The second-order valence-corrected chi connectivity index (χ2v) is 8.95. The van der Waals surface area contributed by atoms with Crippen LogP contribution in [-0.4, -0.2) is 36.1 Å². The Morgan fingerprint density at radius 1 is 1.22 bits per heavy atom. The number of ether oxygens (including phenoxy) is 1. The van der Waals surface area contributed by atoms with Crippen LogP contribution in [0.4, 0.5) is 5.69 Å². The Morgan fingerprint density at radius 3 is 2.75 bits per heavy atom. The van der Waals surface area contributed by atoms with Crippen molar-refractivity contribution in [3.63, 3.8) is 0 Å². The molecule has 166 valence electrons. The molecule has 1 aliphatic rings. The van der Waals surface area contributed by atoms with Gasteiger partial charge in [-0.3, -0.25) is 19.5 Å². The fraction of sp³-hybridized carbons (Fsp3) is 0.320. The number of pyridine rings is 1. The number of hydrogen-bond donors (Lipinski definition) is 1. The molecular formula is C25H27N3O3S. The standard InChI is InChI=1S/C25H27N3O3S/c1-18-5-2-6-20(15-18)28(23(29)16-22-8-4-14-32-22)24(19-9-11-26-12-10-19)25(30)27-17-21-7-3-13-31-21/h2,4-6,8-12,14-15,21,24H,3,7,13,16-17H2,1H3,(H,27,30)/t21-,24-/m1/s1. The van der Waals surface area contributed by atoms with Crippen molar-refractivity contribution >= 4 is 28.8 Å². The van der Waals surface area contributed by atoms with Crippen LogP contribution in [0.2, 0.25) is 0 Å². The van der Waals surface area contributed by atoms with Gasteiger partial charge in [0.15, 0.2) is 0 Å². The Labute approximate surface area is 192 Å². The normalized spacial score (nSPS) is 16.5. The smallest absolute Gasteiger partial charge is 0.247 e. The maximum absolute atomic E-state index is 13.6. The number of thiophene rings is 1. The first kappa shape index (κ1) is 22.2. The SMILES string of the molecule is Cc1cccc(N(C(=O)Cc2cccs2)[C@@H](C(=O)NC[C@H]2CCCO2)c2ccncc2)c1. The van der Waals surface area contributed by atoms with Gasteiger partial charge in [0.2, 0.25) is 11.8 Å². The Hall–Kier alpha value is -3.03. The van der Waals surface area contributed by atoms with Gasteiger partial charge in [-0.1, -0.05) is 18.2 Å². The highest BCUT2D eigenvalue weighted by Crippen LogP contribution is 2.30. The zero-order valence-electron chi connectivity index (χ0n) is 18.1. The molecule has 1 fully saturated rings. The second-order valence-electron chi connectivity index (χ2n) is 7.92. The van der Waals surface area contributed by atoms with E-state index in [1.54, 1.807) is 29.4 Å². The van der Waals surface area contributed by atoms with Gasteiger partial charge in [-0.05, 0) is 66.6 Å². The predicted octanol–water partition coefficient (Wildman–Crippen LogP) is 4.06. The number of carbonyl (C=O) groups excluding carboxylic acids is 2. The number of benzene rings is 1. The maximum Gasteiger partial charge on any atom is 0.247 e. The fourth-order valence-electron chi connectivity index (χ4n) is 3.94. The highest BCUT2D eigenvalue weighted by Gasteiger charge is 2.33. The summed E-state index contributed by atoms with van der Waals surface area (Å²) in [5.74, 6) is -0.361. The highest BCUT2D eigenvalue weighted by molar-refractivity contribution is 7.10. The molecule has 2 atom stereocenters. The molecule has 0 saturated carbocycles. The lowest BCUT2D eigenvalue weighted by atomic mass is 10.0. The van der Waals surface area contributed by atoms with E-state index in [1.807, 2.05) is 48.7 Å². The Balaban J connectivity index is 1.69. The van der Waals surface area contributed by atoms with Crippen LogP contribution >= 0.6 is 11.3 Å².